The molecule has 3 rings (SSSR count). The molecule has 0 aliphatic carbocycles. The lowest BCUT2D eigenvalue weighted by atomic mass is 9.83. The number of ether oxygens (including phenoxy) is 3. The number of hydrogen-bond donors (Lipinski definition) is 1. The van der Waals surface area contributed by atoms with Crippen LogP contribution in [0.3, 0.4) is 0 Å². The van der Waals surface area contributed by atoms with Crippen LogP contribution in [0.2, 0.25) is 0 Å². The highest BCUT2D eigenvalue weighted by Crippen LogP contribution is 2.40. The Hall–Kier alpha value is -2.20. The van der Waals surface area contributed by atoms with Gasteiger partial charge in [-0.1, -0.05) is 26.8 Å². The van der Waals surface area contributed by atoms with Gasteiger partial charge in [-0.15, -0.1) is 0 Å². The second kappa shape index (κ2) is 7.20. The summed E-state index contributed by atoms with van der Waals surface area (Å²) in [5.41, 5.74) is 5.04. The van der Waals surface area contributed by atoms with Crippen molar-refractivity contribution in [3.63, 3.8) is 0 Å². The first-order valence-corrected chi connectivity index (χ1v) is 9.05. The van der Waals surface area contributed by atoms with Gasteiger partial charge >= 0.3 is 0 Å². The minimum Gasteiger partial charge on any atom is -0.496 e. The number of methoxy groups -OCH3 is 3. The predicted octanol–water partition coefficient (Wildman–Crippen LogP) is 4.25. The van der Waals surface area contributed by atoms with Gasteiger partial charge in [0, 0.05) is 12.1 Å². The molecular weight excluding hydrogens is 326 g/mol. The van der Waals surface area contributed by atoms with E-state index in [-0.39, 0.29) is 11.5 Å². The molecule has 0 bridgehead atoms. The largest absolute Gasteiger partial charge is 0.496 e. The second-order valence-electron chi connectivity index (χ2n) is 7.75. The summed E-state index contributed by atoms with van der Waals surface area (Å²) in [5.74, 6) is 2.44. The summed E-state index contributed by atoms with van der Waals surface area (Å²) in [6, 6.07) is 10.8. The summed E-state index contributed by atoms with van der Waals surface area (Å²) < 4.78 is 16.7. The van der Waals surface area contributed by atoms with E-state index in [4.69, 9.17) is 14.2 Å². The molecule has 0 spiro atoms. The van der Waals surface area contributed by atoms with Crippen molar-refractivity contribution in [2.75, 3.05) is 27.9 Å². The Bertz CT molecular complexity index is 793. The minimum atomic E-state index is 0.0656. The second-order valence-corrected chi connectivity index (χ2v) is 7.75. The van der Waals surface area contributed by atoms with Gasteiger partial charge in [-0.3, -0.25) is 0 Å². The molecule has 0 saturated carbocycles. The van der Waals surface area contributed by atoms with Crippen molar-refractivity contribution in [3.8, 4) is 17.2 Å². The van der Waals surface area contributed by atoms with Crippen molar-refractivity contribution in [1.82, 2.24) is 5.32 Å². The highest BCUT2D eigenvalue weighted by atomic mass is 16.5. The van der Waals surface area contributed by atoms with E-state index in [0.717, 1.165) is 35.8 Å². The Labute approximate surface area is 156 Å². The summed E-state index contributed by atoms with van der Waals surface area (Å²) in [5, 5.41) is 3.66. The van der Waals surface area contributed by atoms with Crippen LogP contribution in [0.4, 0.5) is 0 Å². The predicted molar refractivity (Wildman–Crippen MR) is 105 cm³/mol. The molecule has 1 aliphatic rings. The molecule has 1 heterocycles. The van der Waals surface area contributed by atoms with Crippen LogP contribution in [-0.4, -0.2) is 27.9 Å². The number of nitrogens with one attached hydrogen (secondary N) is 1. The molecule has 4 heteroatoms. The molecule has 1 unspecified atom stereocenters. The number of rotatable bonds is 4. The molecule has 1 atom stereocenters. The maximum absolute atomic E-state index is 5.69. The lowest BCUT2D eigenvalue weighted by Crippen LogP contribution is -2.31. The van der Waals surface area contributed by atoms with Gasteiger partial charge in [0.05, 0.1) is 27.4 Å². The zero-order chi connectivity index (χ0) is 18.9. The molecule has 26 heavy (non-hydrogen) atoms. The van der Waals surface area contributed by atoms with Gasteiger partial charge in [0.15, 0.2) is 11.5 Å². The van der Waals surface area contributed by atoms with Gasteiger partial charge in [0.2, 0.25) is 0 Å². The topological polar surface area (TPSA) is 39.7 Å². The smallest absolute Gasteiger partial charge is 0.161 e. The van der Waals surface area contributed by atoms with Crippen LogP contribution in [0.25, 0.3) is 0 Å². The van der Waals surface area contributed by atoms with Crippen LogP contribution in [0.1, 0.15) is 49.1 Å². The Kier molecular flexibility index (Phi) is 5.15. The van der Waals surface area contributed by atoms with E-state index in [2.05, 4.69) is 56.4 Å². The molecular formula is C22H29NO3. The van der Waals surface area contributed by atoms with Crippen LogP contribution in [-0.2, 0) is 11.8 Å². The fourth-order valence-electron chi connectivity index (χ4n) is 3.59. The van der Waals surface area contributed by atoms with Crippen molar-refractivity contribution in [3.05, 3.63) is 52.6 Å². The van der Waals surface area contributed by atoms with Crippen molar-refractivity contribution in [2.45, 2.75) is 38.6 Å². The normalized spacial score (nSPS) is 16.8. The van der Waals surface area contributed by atoms with E-state index in [1.54, 1.807) is 21.3 Å². The Morgan fingerprint density at radius 2 is 1.50 bits per heavy atom. The first-order chi connectivity index (χ1) is 12.4. The van der Waals surface area contributed by atoms with E-state index >= 15 is 0 Å². The van der Waals surface area contributed by atoms with Gasteiger partial charge in [0.25, 0.3) is 0 Å². The maximum Gasteiger partial charge on any atom is 0.161 e. The molecule has 0 saturated heterocycles. The van der Waals surface area contributed by atoms with E-state index in [9.17, 15) is 0 Å². The van der Waals surface area contributed by atoms with Gasteiger partial charge in [-0.2, -0.15) is 0 Å². The van der Waals surface area contributed by atoms with Gasteiger partial charge < -0.3 is 19.5 Å². The summed E-state index contributed by atoms with van der Waals surface area (Å²) >= 11 is 0. The van der Waals surface area contributed by atoms with Gasteiger partial charge in [0.1, 0.15) is 5.75 Å². The molecule has 2 aromatic rings. The Balaban J connectivity index is 2.15. The van der Waals surface area contributed by atoms with Crippen LogP contribution >= 0.6 is 0 Å². The molecule has 0 amide bonds. The van der Waals surface area contributed by atoms with Crippen molar-refractivity contribution < 1.29 is 14.2 Å². The molecule has 0 aromatic heterocycles. The van der Waals surface area contributed by atoms with Gasteiger partial charge in [-0.25, -0.2) is 0 Å². The summed E-state index contributed by atoms with van der Waals surface area (Å²) in [6.07, 6.45) is 0.966. The number of hydrogen-bond acceptors (Lipinski definition) is 4. The van der Waals surface area contributed by atoms with Crippen LogP contribution in [0, 0.1) is 0 Å². The standard InChI is InChI=1S/C22H29NO3/c1-22(2,3)15-7-8-18(24-4)17(12-15)21-16-13-20(26-6)19(25-5)11-14(16)9-10-23-21/h7-8,11-13,21,23H,9-10H2,1-6H3. The highest BCUT2D eigenvalue weighted by Gasteiger charge is 2.27. The molecule has 4 nitrogen and oxygen atoms in total. The lowest BCUT2D eigenvalue weighted by Gasteiger charge is -2.31. The van der Waals surface area contributed by atoms with Crippen molar-refractivity contribution in [2.24, 2.45) is 0 Å². The zero-order valence-corrected chi connectivity index (χ0v) is 16.6. The van der Waals surface area contributed by atoms with Crippen molar-refractivity contribution >= 4 is 0 Å². The third-order valence-electron chi connectivity index (χ3n) is 5.11. The third kappa shape index (κ3) is 3.38. The summed E-state index contributed by atoms with van der Waals surface area (Å²) in [6.45, 7) is 7.61. The lowest BCUT2D eigenvalue weighted by molar-refractivity contribution is 0.352. The monoisotopic (exact) mass is 355 g/mol. The fraction of sp³-hybridized carbons (Fsp3) is 0.455. The average molecular weight is 355 g/mol. The third-order valence-corrected chi connectivity index (χ3v) is 5.11. The van der Waals surface area contributed by atoms with Crippen LogP contribution in [0.5, 0.6) is 17.2 Å². The molecule has 0 fully saturated rings. The van der Waals surface area contributed by atoms with Crippen molar-refractivity contribution in [1.29, 1.82) is 0 Å². The number of benzene rings is 2. The Morgan fingerprint density at radius 1 is 0.846 bits per heavy atom. The zero-order valence-electron chi connectivity index (χ0n) is 16.6. The van der Waals surface area contributed by atoms with E-state index in [1.165, 1.54) is 16.7 Å². The fourth-order valence-corrected chi connectivity index (χ4v) is 3.59. The van der Waals surface area contributed by atoms with Crippen LogP contribution in [0.15, 0.2) is 30.3 Å². The summed E-state index contributed by atoms with van der Waals surface area (Å²) in [7, 11) is 5.09. The number of fused-ring (bicyclic) bond motifs is 1. The first-order valence-electron chi connectivity index (χ1n) is 9.05. The molecule has 2 aromatic carbocycles. The molecule has 1 aliphatic heterocycles. The SMILES string of the molecule is COc1cc2c(cc1OC)C(c1cc(C(C)(C)C)ccc1OC)NCC2. The quantitative estimate of drug-likeness (QED) is 0.890. The van der Waals surface area contributed by atoms with E-state index < -0.39 is 0 Å². The van der Waals surface area contributed by atoms with Gasteiger partial charge in [-0.05, 0) is 52.8 Å². The van der Waals surface area contributed by atoms with Crippen LogP contribution < -0.4 is 19.5 Å². The van der Waals surface area contributed by atoms with E-state index in [1.807, 2.05) is 0 Å². The Morgan fingerprint density at radius 3 is 2.12 bits per heavy atom. The van der Waals surface area contributed by atoms with E-state index in [0.29, 0.717) is 0 Å². The summed E-state index contributed by atoms with van der Waals surface area (Å²) in [4.78, 5) is 0. The highest BCUT2D eigenvalue weighted by molar-refractivity contribution is 5.54. The minimum absolute atomic E-state index is 0.0656. The maximum atomic E-state index is 5.69. The molecule has 140 valence electrons. The molecule has 0 radical (unpaired) electrons. The first kappa shape index (κ1) is 18.6. The average Bonchev–Trinajstić information content (AvgIpc) is 2.65. The molecule has 1 N–H and O–H groups in total.